The standard InChI is InChI=1S/C6H12O2.C6H6.H2S/c1-3-5-8-6(7)4-2;1-2-4-6-5-3-1;/h3-5H2,1-2H3;1-6H;1H2. The van der Waals surface area contributed by atoms with Crippen LogP contribution in [0.4, 0.5) is 0 Å². The zero-order valence-electron chi connectivity index (χ0n) is 9.40. The van der Waals surface area contributed by atoms with Gasteiger partial charge in [0.2, 0.25) is 0 Å². The Bertz CT molecular complexity index is 198. The molecule has 0 N–H and O–H groups in total. The second-order valence-corrected chi connectivity index (χ2v) is 2.73. The van der Waals surface area contributed by atoms with E-state index in [2.05, 4.69) is 0 Å². The average Bonchev–Trinajstić information content (AvgIpc) is 2.29. The lowest BCUT2D eigenvalue weighted by Gasteiger charge is -1.97. The maximum atomic E-state index is 10.3. The number of hydrogen-bond donors (Lipinski definition) is 0. The molecule has 0 saturated heterocycles. The van der Waals surface area contributed by atoms with Crippen LogP contribution >= 0.6 is 13.5 Å². The van der Waals surface area contributed by atoms with E-state index in [1.165, 1.54) is 0 Å². The molecule has 2 nitrogen and oxygen atoms in total. The smallest absolute Gasteiger partial charge is 0.305 e. The monoisotopic (exact) mass is 228 g/mol. The second-order valence-electron chi connectivity index (χ2n) is 2.73. The van der Waals surface area contributed by atoms with Crippen LogP contribution in [0.5, 0.6) is 0 Å². The van der Waals surface area contributed by atoms with Crippen LogP contribution in [0.1, 0.15) is 26.7 Å². The van der Waals surface area contributed by atoms with E-state index in [-0.39, 0.29) is 19.5 Å². The summed E-state index contributed by atoms with van der Waals surface area (Å²) in [6.45, 7) is 4.33. The normalized spacial score (nSPS) is 7.87. The van der Waals surface area contributed by atoms with E-state index in [4.69, 9.17) is 4.74 Å². The first-order valence-electron chi connectivity index (χ1n) is 4.96. The van der Waals surface area contributed by atoms with Gasteiger partial charge in [-0.3, -0.25) is 4.79 Å². The molecule has 0 amide bonds. The van der Waals surface area contributed by atoms with Crippen LogP contribution in [0.25, 0.3) is 0 Å². The second kappa shape index (κ2) is 13.0. The number of rotatable bonds is 3. The van der Waals surface area contributed by atoms with E-state index in [0.29, 0.717) is 13.0 Å². The topological polar surface area (TPSA) is 26.3 Å². The zero-order chi connectivity index (χ0) is 10.6. The highest BCUT2D eigenvalue weighted by Gasteiger charge is 1.93. The van der Waals surface area contributed by atoms with Gasteiger partial charge in [0.05, 0.1) is 6.61 Å². The van der Waals surface area contributed by atoms with Gasteiger partial charge in [-0.05, 0) is 6.42 Å². The van der Waals surface area contributed by atoms with Crippen molar-refractivity contribution >= 4 is 19.5 Å². The molecule has 0 aliphatic rings. The Kier molecular flexibility index (Phi) is 14.3. The van der Waals surface area contributed by atoms with Crippen molar-refractivity contribution in [2.24, 2.45) is 0 Å². The SMILES string of the molecule is CCCOC(=O)CC.S.c1ccccc1. The van der Waals surface area contributed by atoms with E-state index < -0.39 is 0 Å². The molecule has 0 bridgehead atoms. The van der Waals surface area contributed by atoms with Crippen molar-refractivity contribution < 1.29 is 9.53 Å². The third-order valence-corrected chi connectivity index (χ3v) is 1.42. The summed E-state index contributed by atoms with van der Waals surface area (Å²) in [5, 5.41) is 0. The highest BCUT2D eigenvalue weighted by Crippen LogP contribution is 1.85. The third kappa shape index (κ3) is 13.0. The predicted molar refractivity (Wildman–Crippen MR) is 68.4 cm³/mol. The van der Waals surface area contributed by atoms with Gasteiger partial charge >= 0.3 is 5.97 Å². The molecule has 1 rings (SSSR count). The molecule has 1 aromatic rings. The highest BCUT2D eigenvalue weighted by atomic mass is 32.1. The first-order valence-corrected chi connectivity index (χ1v) is 4.96. The molecule has 15 heavy (non-hydrogen) atoms. The molecule has 0 radical (unpaired) electrons. The van der Waals surface area contributed by atoms with Crippen molar-refractivity contribution in [3.05, 3.63) is 36.4 Å². The van der Waals surface area contributed by atoms with E-state index >= 15 is 0 Å². The summed E-state index contributed by atoms with van der Waals surface area (Å²) in [7, 11) is 0. The highest BCUT2D eigenvalue weighted by molar-refractivity contribution is 7.59. The number of carbonyl (C=O) groups excluding carboxylic acids is 1. The lowest BCUT2D eigenvalue weighted by Crippen LogP contribution is -2.02. The molecule has 0 aromatic heterocycles. The van der Waals surface area contributed by atoms with E-state index in [0.717, 1.165) is 6.42 Å². The number of carbonyl (C=O) groups is 1. The fourth-order valence-electron chi connectivity index (χ4n) is 0.703. The van der Waals surface area contributed by atoms with Gasteiger partial charge in [-0.15, -0.1) is 0 Å². The molecule has 0 saturated carbocycles. The summed E-state index contributed by atoms with van der Waals surface area (Å²) >= 11 is 0. The van der Waals surface area contributed by atoms with Gasteiger partial charge < -0.3 is 4.74 Å². The van der Waals surface area contributed by atoms with Gasteiger partial charge in [0, 0.05) is 6.42 Å². The fourth-order valence-corrected chi connectivity index (χ4v) is 0.703. The van der Waals surface area contributed by atoms with E-state index in [9.17, 15) is 4.79 Å². The van der Waals surface area contributed by atoms with Crippen molar-refractivity contribution in [2.75, 3.05) is 6.61 Å². The van der Waals surface area contributed by atoms with Gasteiger partial charge in [-0.25, -0.2) is 0 Å². The Labute approximate surface area is 99.1 Å². The van der Waals surface area contributed by atoms with E-state index in [1.54, 1.807) is 6.92 Å². The van der Waals surface area contributed by atoms with Gasteiger partial charge in [0.15, 0.2) is 0 Å². The molecule has 1 aromatic carbocycles. The Morgan fingerprint density at radius 2 is 1.40 bits per heavy atom. The van der Waals surface area contributed by atoms with Crippen LogP contribution in [0.15, 0.2) is 36.4 Å². The molecular formula is C12H20O2S. The minimum absolute atomic E-state index is 0. The summed E-state index contributed by atoms with van der Waals surface area (Å²) in [6.07, 6.45) is 1.39. The van der Waals surface area contributed by atoms with E-state index in [1.807, 2.05) is 43.3 Å². The lowest BCUT2D eigenvalue weighted by molar-refractivity contribution is -0.143. The molecule has 0 aliphatic carbocycles. The molecular weight excluding hydrogens is 208 g/mol. The molecule has 86 valence electrons. The maximum absolute atomic E-state index is 10.3. The summed E-state index contributed by atoms with van der Waals surface area (Å²) in [5.41, 5.74) is 0. The third-order valence-electron chi connectivity index (χ3n) is 1.42. The predicted octanol–water partition coefficient (Wildman–Crippen LogP) is 3.15. The lowest BCUT2D eigenvalue weighted by atomic mass is 10.4. The summed E-state index contributed by atoms with van der Waals surface area (Å²) in [6, 6.07) is 12.0. The zero-order valence-corrected chi connectivity index (χ0v) is 10.4. The Balaban J connectivity index is 0. The molecule has 0 atom stereocenters. The first kappa shape index (κ1) is 16.5. The minimum Gasteiger partial charge on any atom is -0.466 e. The van der Waals surface area contributed by atoms with Crippen LogP contribution in [0.2, 0.25) is 0 Å². The summed E-state index contributed by atoms with van der Waals surface area (Å²) in [5.74, 6) is -0.105. The number of benzene rings is 1. The Morgan fingerprint density at radius 1 is 1.00 bits per heavy atom. The Morgan fingerprint density at radius 3 is 1.67 bits per heavy atom. The number of hydrogen-bond acceptors (Lipinski definition) is 2. The maximum Gasteiger partial charge on any atom is 0.305 e. The summed E-state index contributed by atoms with van der Waals surface area (Å²) in [4.78, 5) is 10.3. The van der Waals surface area contributed by atoms with Crippen LogP contribution < -0.4 is 0 Å². The molecule has 0 fully saturated rings. The van der Waals surface area contributed by atoms with Crippen molar-refractivity contribution in [1.29, 1.82) is 0 Å². The van der Waals surface area contributed by atoms with Crippen molar-refractivity contribution in [3.63, 3.8) is 0 Å². The van der Waals surface area contributed by atoms with Crippen LogP contribution in [-0.2, 0) is 9.53 Å². The average molecular weight is 228 g/mol. The quantitative estimate of drug-likeness (QED) is 0.743. The molecule has 0 unspecified atom stereocenters. The van der Waals surface area contributed by atoms with Gasteiger partial charge in [0.1, 0.15) is 0 Å². The molecule has 0 spiro atoms. The summed E-state index contributed by atoms with van der Waals surface area (Å²) < 4.78 is 4.70. The first-order chi connectivity index (χ1) is 6.81. The molecule has 3 heteroatoms. The van der Waals surface area contributed by atoms with Gasteiger partial charge in [0.25, 0.3) is 0 Å². The largest absolute Gasteiger partial charge is 0.466 e. The fraction of sp³-hybridized carbons (Fsp3) is 0.417. The number of esters is 1. The molecule has 0 heterocycles. The van der Waals surface area contributed by atoms with Crippen LogP contribution in [-0.4, -0.2) is 12.6 Å². The van der Waals surface area contributed by atoms with Gasteiger partial charge in [-0.1, -0.05) is 50.2 Å². The van der Waals surface area contributed by atoms with Gasteiger partial charge in [-0.2, -0.15) is 13.5 Å². The van der Waals surface area contributed by atoms with Crippen LogP contribution in [0, 0.1) is 0 Å². The minimum atomic E-state index is -0.105. The van der Waals surface area contributed by atoms with Crippen molar-refractivity contribution in [1.82, 2.24) is 0 Å². The molecule has 0 aliphatic heterocycles. The van der Waals surface area contributed by atoms with Crippen molar-refractivity contribution in [3.8, 4) is 0 Å². The number of ether oxygens (including phenoxy) is 1. The van der Waals surface area contributed by atoms with Crippen molar-refractivity contribution in [2.45, 2.75) is 26.7 Å². The Hall–Kier alpha value is -0.960. The van der Waals surface area contributed by atoms with Crippen LogP contribution in [0.3, 0.4) is 0 Å².